The van der Waals surface area contributed by atoms with Crippen LogP contribution in [0.4, 0.5) is 0 Å². The van der Waals surface area contributed by atoms with Gasteiger partial charge in [0.05, 0.1) is 6.10 Å². The van der Waals surface area contributed by atoms with Crippen LogP contribution in [-0.2, 0) is 18.3 Å². The van der Waals surface area contributed by atoms with Gasteiger partial charge in [-0.05, 0) is 56.2 Å². The summed E-state index contributed by atoms with van der Waals surface area (Å²) in [4.78, 5) is 4.49. The number of aryl methyl sites for hydroxylation is 1. The zero-order valence-electron chi connectivity index (χ0n) is 15.6. The highest BCUT2D eigenvalue weighted by molar-refractivity contribution is 5.28. The molecule has 1 aromatic carbocycles. The van der Waals surface area contributed by atoms with E-state index in [2.05, 4.69) is 39.1 Å². The molecule has 5 heteroatoms. The van der Waals surface area contributed by atoms with Crippen molar-refractivity contribution in [1.29, 1.82) is 0 Å². The fourth-order valence-corrected chi connectivity index (χ4v) is 4.07. The zero-order valence-corrected chi connectivity index (χ0v) is 15.6. The standard InChI is InChI=1S/C21H29N3O2/c1-24-12-11-22-21(24)20-19(10-5-13-25-20)23-15-16-6-4-9-18(14-16)26-17-7-2-3-8-17/h4,6,9,11-12,14,17,19-20,23H,2-3,5,7-8,10,13,15H2,1H3/t19-,20-/m0/s1. The van der Waals surface area contributed by atoms with E-state index in [1.807, 2.05) is 19.4 Å². The van der Waals surface area contributed by atoms with Gasteiger partial charge in [-0.15, -0.1) is 0 Å². The molecule has 5 nitrogen and oxygen atoms in total. The van der Waals surface area contributed by atoms with Crippen molar-refractivity contribution in [2.45, 2.75) is 63.3 Å². The molecule has 0 bridgehead atoms. The van der Waals surface area contributed by atoms with Gasteiger partial charge < -0.3 is 19.4 Å². The molecule has 0 radical (unpaired) electrons. The molecule has 1 aromatic heterocycles. The van der Waals surface area contributed by atoms with Gasteiger partial charge >= 0.3 is 0 Å². The summed E-state index contributed by atoms with van der Waals surface area (Å²) in [5.74, 6) is 2.00. The minimum Gasteiger partial charge on any atom is -0.490 e. The molecule has 1 aliphatic carbocycles. The molecule has 1 saturated heterocycles. The first-order valence-corrected chi connectivity index (χ1v) is 9.87. The van der Waals surface area contributed by atoms with E-state index >= 15 is 0 Å². The molecular formula is C21H29N3O2. The molecule has 0 amide bonds. The molecule has 4 rings (SSSR count). The number of nitrogens with zero attached hydrogens (tertiary/aromatic N) is 2. The van der Waals surface area contributed by atoms with E-state index in [-0.39, 0.29) is 12.1 Å². The van der Waals surface area contributed by atoms with Crippen molar-refractivity contribution in [2.75, 3.05) is 6.61 Å². The SMILES string of the molecule is Cn1ccnc1[C@H]1OCCC[C@@H]1NCc1cccc(OC2CCCC2)c1. The van der Waals surface area contributed by atoms with Crippen LogP contribution in [0, 0.1) is 0 Å². The summed E-state index contributed by atoms with van der Waals surface area (Å²) in [6.45, 7) is 1.62. The second-order valence-electron chi connectivity index (χ2n) is 7.49. The number of nitrogens with one attached hydrogen (secondary N) is 1. The van der Waals surface area contributed by atoms with Crippen LogP contribution < -0.4 is 10.1 Å². The predicted molar refractivity (Wildman–Crippen MR) is 101 cm³/mol. The summed E-state index contributed by atoms with van der Waals surface area (Å²) in [7, 11) is 2.03. The highest BCUT2D eigenvalue weighted by atomic mass is 16.5. The summed E-state index contributed by atoms with van der Waals surface area (Å²) < 4.78 is 14.2. The molecule has 2 fully saturated rings. The molecule has 0 spiro atoms. The van der Waals surface area contributed by atoms with Crippen molar-refractivity contribution in [3.05, 3.63) is 48.0 Å². The maximum atomic E-state index is 6.14. The molecule has 26 heavy (non-hydrogen) atoms. The molecule has 2 aliphatic rings. The average molecular weight is 355 g/mol. The number of aromatic nitrogens is 2. The van der Waals surface area contributed by atoms with E-state index in [1.54, 1.807) is 0 Å². The van der Waals surface area contributed by atoms with Crippen molar-refractivity contribution < 1.29 is 9.47 Å². The normalized spacial score (nSPS) is 24.0. The molecule has 2 atom stereocenters. The Morgan fingerprint density at radius 3 is 2.92 bits per heavy atom. The van der Waals surface area contributed by atoms with Crippen molar-refractivity contribution in [3.63, 3.8) is 0 Å². The van der Waals surface area contributed by atoms with Crippen molar-refractivity contribution in [1.82, 2.24) is 14.9 Å². The van der Waals surface area contributed by atoms with Gasteiger partial charge in [-0.1, -0.05) is 12.1 Å². The third kappa shape index (κ3) is 4.10. The summed E-state index contributed by atoms with van der Waals surface area (Å²) in [6.07, 6.45) is 11.4. The first-order chi connectivity index (χ1) is 12.8. The van der Waals surface area contributed by atoms with Gasteiger partial charge in [0.2, 0.25) is 0 Å². The van der Waals surface area contributed by atoms with E-state index in [4.69, 9.17) is 9.47 Å². The highest BCUT2D eigenvalue weighted by Crippen LogP contribution is 2.28. The van der Waals surface area contributed by atoms with Crippen molar-refractivity contribution in [2.24, 2.45) is 7.05 Å². The first-order valence-electron chi connectivity index (χ1n) is 9.87. The van der Waals surface area contributed by atoms with E-state index in [1.165, 1.54) is 31.2 Å². The maximum absolute atomic E-state index is 6.14. The van der Waals surface area contributed by atoms with Gasteiger partial charge in [-0.25, -0.2) is 4.98 Å². The molecule has 1 N–H and O–H groups in total. The number of hydrogen-bond acceptors (Lipinski definition) is 4. The van der Waals surface area contributed by atoms with Crippen LogP contribution in [0.1, 0.15) is 56.0 Å². The van der Waals surface area contributed by atoms with Crippen LogP contribution in [0.5, 0.6) is 5.75 Å². The van der Waals surface area contributed by atoms with Crippen molar-refractivity contribution >= 4 is 0 Å². The fraction of sp³-hybridized carbons (Fsp3) is 0.571. The lowest BCUT2D eigenvalue weighted by molar-refractivity contribution is -0.0178. The quantitative estimate of drug-likeness (QED) is 0.857. The highest BCUT2D eigenvalue weighted by Gasteiger charge is 2.29. The van der Waals surface area contributed by atoms with E-state index in [0.717, 1.165) is 37.6 Å². The van der Waals surface area contributed by atoms with Crippen LogP contribution >= 0.6 is 0 Å². The largest absolute Gasteiger partial charge is 0.490 e. The topological polar surface area (TPSA) is 48.3 Å². The number of rotatable bonds is 6. The fourth-order valence-electron chi connectivity index (χ4n) is 4.07. The summed E-state index contributed by atoms with van der Waals surface area (Å²) >= 11 is 0. The van der Waals surface area contributed by atoms with Crippen LogP contribution in [-0.4, -0.2) is 28.3 Å². The Morgan fingerprint density at radius 2 is 2.12 bits per heavy atom. The van der Waals surface area contributed by atoms with Gasteiger partial charge in [0.1, 0.15) is 17.7 Å². The third-order valence-electron chi connectivity index (χ3n) is 5.51. The molecule has 1 saturated carbocycles. The molecule has 1 aliphatic heterocycles. The lowest BCUT2D eigenvalue weighted by atomic mass is 10.0. The molecule has 2 heterocycles. The first kappa shape index (κ1) is 17.6. The van der Waals surface area contributed by atoms with Crippen LogP contribution in [0.15, 0.2) is 36.7 Å². The van der Waals surface area contributed by atoms with Crippen LogP contribution in [0.25, 0.3) is 0 Å². The van der Waals surface area contributed by atoms with Gasteiger partial charge in [-0.2, -0.15) is 0 Å². The van der Waals surface area contributed by atoms with Crippen molar-refractivity contribution in [3.8, 4) is 5.75 Å². The van der Waals surface area contributed by atoms with Gasteiger partial charge in [-0.3, -0.25) is 0 Å². The Hall–Kier alpha value is -1.85. The van der Waals surface area contributed by atoms with Crippen LogP contribution in [0.3, 0.4) is 0 Å². The Labute approximate surface area is 155 Å². The second-order valence-corrected chi connectivity index (χ2v) is 7.49. The Balaban J connectivity index is 1.38. The lowest BCUT2D eigenvalue weighted by Gasteiger charge is -2.32. The molecule has 0 unspecified atom stereocenters. The lowest BCUT2D eigenvalue weighted by Crippen LogP contribution is -2.40. The Kier molecular flexibility index (Phi) is 5.56. The van der Waals surface area contributed by atoms with Gasteiger partial charge in [0.25, 0.3) is 0 Å². The van der Waals surface area contributed by atoms with E-state index in [0.29, 0.717) is 6.10 Å². The van der Waals surface area contributed by atoms with Crippen LogP contribution in [0.2, 0.25) is 0 Å². The minimum absolute atomic E-state index is 0.0154. The third-order valence-corrected chi connectivity index (χ3v) is 5.51. The Morgan fingerprint density at radius 1 is 1.23 bits per heavy atom. The average Bonchev–Trinajstić information content (AvgIpc) is 3.32. The smallest absolute Gasteiger partial charge is 0.139 e. The number of hydrogen-bond donors (Lipinski definition) is 1. The maximum Gasteiger partial charge on any atom is 0.139 e. The molecule has 140 valence electrons. The predicted octanol–water partition coefficient (Wildman–Crippen LogP) is 3.75. The summed E-state index contributed by atoms with van der Waals surface area (Å²) in [5, 5.41) is 3.69. The number of imidazole rings is 1. The zero-order chi connectivity index (χ0) is 17.8. The van der Waals surface area contributed by atoms with E-state index < -0.39 is 0 Å². The number of ether oxygens (including phenoxy) is 2. The van der Waals surface area contributed by atoms with E-state index in [9.17, 15) is 0 Å². The summed E-state index contributed by atoms with van der Waals surface area (Å²) in [6, 6.07) is 8.78. The molecule has 2 aromatic rings. The monoisotopic (exact) mass is 355 g/mol. The second kappa shape index (κ2) is 8.23. The van der Waals surface area contributed by atoms with Gasteiger partial charge in [0.15, 0.2) is 0 Å². The Bertz CT molecular complexity index is 709. The number of benzene rings is 1. The molecular weight excluding hydrogens is 326 g/mol. The summed E-state index contributed by atoms with van der Waals surface area (Å²) in [5.41, 5.74) is 1.25. The minimum atomic E-state index is 0.0154. The van der Waals surface area contributed by atoms with Gasteiger partial charge in [0, 0.05) is 38.6 Å².